The summed E-state index contributed by atoms with van der Waals surface area (Å²) < 4.78 is 5.37. The van der Waals surface area contributed by atoms with E-state index in [1.54, 1.807) is 7.11 Å². The number of carboxylic acids is 1. The van der Waals surface area contributed by atoms with Gasteiger partial charge in [-0.25, -0.2) is 4.79 Å². The van der Waals surface area contributed by atoms with Crippen LogP contribution >= 0.6 is 0 Å². The molecule has 0 saturated heterocycles. The summed E-state index contributed by atoms with van der Waals surface area (Å²) in [5.41, 5.74) is 2.83. The Morgan fingerprint density at radius 3 is 2.47 bits per heavy atom. The molecule has 0 aliphatic heterocycles. The maximum absolute atomic E-state index is 11.1. The lowest BCUT2D eigenvalue weighted by atomic mass is 9.87. The summed E-state index contributed by atoms with van der Waals surface area (Å²) in [7, 11) is 1.61. The van der Waals surface area contributed by atoms with Gasteiger partial charge in [0.2, 0.25) is 0 Å². The predicted octanol–water partition coefficient (Wildman–Crippen LogP) is 3.91. The Balaban J connectivity index is 3.40. The van der Waals surface area contributed by atoms with Crippen LogP contribution in [0.3, 0.4) is 0 Å². The first-order valence-corrected chi connectivity index (χ1v) is 6.62. The Morgan fingerprint density at radius 1 is 1.37 bits per heavy atom. The summed E-state index contributed by atoms with van der Waals surface area (Å²) in [6.07, 6.45) is 3.13. The largest absolute Gasteiger partial charge is 0.496 e. The van der Waals surface area contributed by atoms with E-state index < -0.39 is 5.97 Å². The summed E-state index contributed by atoms with van der Waals surface area (Å²) in [6, 6.07) is 5.85. The maximum atomic E-state index is 11.1. The van der Waals surface area contributed by atoms with Crippen LogP contribution in [0.5, 0.6) is 5.75 Å². The molecule has 1 aromatic carbocycles. The fourth-order valence-corrected chi connectivity index (χ4v) is 2.32. The monoisotopic (exact) mass is 262 g/mol. The average molecular weight is 262 g/mol. The van der Waals surface area contributed by atoms with Gasteiger partial charge in [0.1, 0.15) is 5.75 Å². The van der Waals surface area contributed by atoms with Gasteiger partial charge in [0.15, 0.2) is 0 Å². The molecule has 0 bridgehead atoms. The lowest BCUT2D eigenvalue weighted by molar-refractivity contribution is -0.131. The first-order chi connectivity index (χ1) is 9.03. The minimum atomic E-state index is -0.912. The second-order valence-electron chi connectivity index (χ2n) is 4.66. The first kappa shape index (κ1) is 15.3. The van der Waals surface area contributed by atoms with Gasteiger partial charge in [-0.1, -0.05) is 25.5 Å². The zero-order valence-corrected chi connectivity index (χ0v) is 12.1. The van der Waals surface area contributed by atoms with Crippen molar-refractivity contribution >= 4 is 11.5 Å². The molecule has 0 aromatic heterocycles. The van der Waals surface area contributed by atoms with Gasteiger partial charge in [0.05, 0.1) is 7.11 Å². The molecule has 0 heterocycles. The highest BCUT2D eigenvalue weighted by Crippen LogP contribution is 2.35. The third-order valence-corrected chi connectivity index (χ3v) is 3.37. The molecule has 1 N–H and O–H groups in total. The van der Waals surface area contributed by atoms with E-state index in [1.165, 1.54) is 6.08 Å². The van der Waals surface area contributed by atoms with E-state index in [9.17, 15) is 4.79 Å². The molecule has 0 atom stereocenters. The number of aryl methyl sites for hydroxylation is 1. The van der Waals surface area contributed by atoms with Gasteiger partial charge in [-0.05, 0) is 43.4 Å². The normalized spacial score (nSPS) is 11.7. The summed E-state index contributed by atoms with van der Waals surface area (Å²) in [4.78, 5) is 11.1. The number of aliphatic carboxylic acids is 1. The van der Waals surface area contributed by atoms with Crippen LogP contribution in [0.25, 0.3) is 5.57 Å². The molecular formula is C16H22O3. The quantitative estimate of drug-likeness (QED) is 0.791. The Hall–Kier alpha value is -1.77. The Labute approximate surface area is 114 Å². The molecule has 0 fully saturated rings. The van der Waals surface area contributed by atoms with Gasteiger partial charge in [-0.2, -0.15) is 0 Å². The molecular weight excluding hydrogens is 240 g/mol. The smallest absolute Gasteiger partial charge is 0.328 e. The number of methoxy groups -OCH3 is 1. The van der Waals surface area contributed by atoms with E-state index in [0.29, 0.717) is 0 Å². The molecule has 104 valence electrons. The number of benzene rings is 1. The van der Waals surface area contributed by atoms with Crippen molar-refractivity contribution in [3.63, 3.8) is 0 Å². The van der Waals surface area contributed by atoms with Gasteiger partial charge in [-0.15, -0.1) is 0 Å². The molecule has 0 unspecified atom stereocenters. The number of hydrogen-bond acceptors (Lipinski definition) is 2. The van der Waals surface area contributed by atoms with Gasteiger partial charge >= 0.3 is 5.97 Å². The standard InChI is InChI=1S/C16H22O3/c1-5-12(6-2)13(10-16(17)18)14-9-11(3)7-8-15(14)19-4/h7-10,12H,5-6H2,1-4H3,(H,17,18)/b13-10+. The van der Waals surface area contributed by atoms with Crippen LogP contribution < -0.4 is 4.74 Å². The van der Waals surface area contributed by atoms with Crippen molar-refractivity contribution in [1.29, 1.82) is 0 Å². The lowest BCUT2D eigenvalue weighted by Gasteiger charge is -2.20. The van der Waals surface area contributed by atoms with E-state index >= 15 is 0 Å². The van der Waals surface area contributed by atoms with Gasteiger partial charge in [0.25, 0.3) is 0 Å². The molecule has 0 aliphatic rings. The van der Waals surface area contributed by atoms with E-state index in [1.807, 2.05) is 25.1 Å². The summed E-state index contributed by atoms with van der Waals surface area (Å²) in [5, 5.41) is 9.10. The Kier molecular flexibility index (Phi) is 5.61. The van der Waals surface area contributed by atoms with Crippen LogP contribution in [-0.2, 0) is 4.79 Å². The molecule has 1 aromatic rings. The minimum Gasteiger partial charge on any atom is -0.496 e. The van der Waals surface area contributed by atoms with Crippen molar-refractivity contribution in [3.05, 3.63) is 35.4 Å². The van der Waals surface area contributed by atoms with Crippen molar-refractivity contribution in [3.8, 4) is 5.75 Å². The molecule has 0 spiro atoms. The van der Waals surface area contributed by atoms with Gasteiger partial charge in [0, 0.05) is 11.6 Å². The predicted molar refractivity (Wildman–Crippen MR) is 77.4 cm³/mol. The number of carbonyl (C=O) groups is 1. The molecule has 0 aliphatic carbocycles. The molecule has 0 saturated carbocycles. The molecule has 3 heteroatoms. The first-order valence-electron chi connectivity index (χ1n) is 6.62. The zero-order chi connectivity index (χ0) is 14.4. The van der Waals surface area contributed by atoms with E-state index in [4.69, 9.17) is 9.84 Å². The number of ether oxygens (including phenoxy) is 1. The van der Waals surface area contributed by atoms with Crippen LogP contribution in [0.4, 0.5) is 0 Å². The highest BCUT2D eigenvalue weighted by molar-refractivity contribution is 5.91. The number of rotatable bonds is 6. The van der Waals surface area contributed by atoms with Crippen LogP contribution in [0, 0.1) is 12.8 Å². The Bertz CT molecular complexity index is 471. The second kappa shape index (κ2) is 6.98. The highest BCUT2D eigenvalue weighted by Gasteiger charge is 2.17. The van der Waals surface area contributed by atoms with Crippen LogP contribution in [0.15, 0.2) is 24.3 Å². The molecule has 19 heavy (non-hydrogen) atoms. The summed E-state index contributed by atoms with van der Waals surface area (Å²) >= 11 is 0. The number of allylic oxidation sites excluding steroid dienone is 1. The van der Waals surface area contributed by atoms with E-state index in [-0.39, 0.29) is 5.92 Å². The van der Waals surface area contributed by atoms with Gasteiger partial charge < -0.3 is 9.84 Å². The van der Waals surface area contributed by atoms with Crippen LogP contribution in [0.1, 0.15) is 37.8 Å². The fraction of sp³-hybridized carbons (Fsp3) is 0.438. The van der Waals surface area contributed by atoms with Crippen LogP contribution in [0.2, 0.25) is 0 Å². The molecule has 1 rings (SSSR count). The molecule has 3 nitrogen and oxygen atoms in total. The fourth-order valence-electron chi connectivity index (χ4n) is 2.32. The number of hydrogen-bond donors (Lipinski definition) is 1. The third kappa shape index (κ3) is 3.85. The average Bonchev–Trinajstić information content (AvgIpc) is 2.38. The van der Waals surface area contributed by atoms with Crippen molar-refractivity contribution in [2.75, 3.05) is 7.11 Å². The van der Waals surface area contributed by atoms with Crippen molar-refractivity contribution in [2.24, 2.45) is 5.92 Å². The molecule has 0 radical (unpaired) electrons. The number of carboxylic acid groups (broad SMARTS) is 1. The zero-order valence-electron chi connectivity index (χ0n) is 12.1. The minimum absolute atomic E-state index is 0.229. The summed E-state index contributed by atoms with van der Waals surface area (Å²) in [6.45, 7) is 6.15. The summed E-state index contributed by atoms with van der Waals surface area (Å²) in [5.74, 6) is 0.0438. The maximum Gasteiger partial charge on any atom is 0.328 e. The van der Waals surface area contributed by atoms with E-state index in [2.05, 4.69) is 13.8 Å². The van der Waals surface area contributed by atoms with Crippen molar-refractivity contribution < 1.29 is 14.6 Å². The lowest BCUT2D eigenvalue weighted by Crippen LogP contribution is -2.06. The molecule has 0 amide bonds. The van der Waals surface area contributed by atoms with E-state index in [0.717, 1.165) is 35.3 Å². The SMILES string of the molecule is CCC(CC)/C(=C\C(=O)O)c1cc(C)ccc1OC. The van der Waals surface area contributed by atoms with Crippen molar-refractivity contribution in [2.45, 2.75) is 33.6 Å². The van der Waals surface area contributed by atoms with Crippen molar-refractivity contribution in [1.82, 2.24) is 0 Å². The van der Waals surface area contributed by atoms with Crippen LogP contribution in [-0.4, -0.2) is 18.2 Å². The third-order valence-electron chi connectivity index (χ3n) is 3.37. The second-order valence-corrected chi connectivity index (χ2v) is 4.66. The van der Waals surface area contributed by atoms with Gasteiger partial charge in [-0.3, -0.25) is 0 Å². The Morgan fingerprint density at radius 2 is 2.00 bits per heavy atom. The topological polar surface area (TPSA) is 46.5 Å². The highest BCUT2D eigenvalue weighted by atomic mass is 16.5.